The Bertz CT molecular complexity index is 937. The van der Waals surface area contributed by atoms with Crippen molar-refractivity contribution in [2.24, 2.45) is 16.8 Å². The number of aliphatic hydroxyl groups is 1. The number of hydrogen-bond donors (Lipinski definition) is 2. The van der Waals surface area contributed by atoms with Crippen molar-refractivity contribution >= 4 is 24.1 Å². The molecule has 0 radical (unpaired) electrons. The van der Waals surface area contributed by atoms with Crippen LogP contribution in [-0.4, -0.2) is 79.6 Å². The van der Waals surface area contributed by atoms with Crippen LogP contribution in [0.2, 0.25) is 0 Å². The predicted octanol–water partition coefficient (Wildman–Crippen LogP) is 10.9. The van der Waals surface area contributed by atoms with Gasteiger partial charge in [-0.05, 0) is 39.5 Å². The van der Waals surface area contributed by atoms with Crippen LogP contribution in [0.4, 0.5) is 0 Å². The third-order valence-corrected chi connectivity index (χ3v) is 10.7. The molecule has 0 aliphatic rings. The quantitative estimate of drug-likeness (QED) is 0.0362. The number of amides is 1. The molecule has 1 amide bonds. The maximum absolute atomic E-state index is 14.2. The Morgan fingerprint density at radius 2 is 1.00 bits per heavy atom. The van der Waals surface area contributed by atoms with E-state index in [4.69, 9.17) is 9.47 Å². The molecule has 0 rings (SSSR count). The van der Waals surface area contributed by atoms with Gasteiger partial charge in [-0.25, -0.2) is 0 Å². The maximum Gasteiger partial charge on any atom is 0.308 e. The third kappa shape index (κ3) is 28.7. The average Bonchev–Trinajstić information content (AvgIpc) is 3.19. The molecule has 0 heterocycles. The molecule has 0 fully saturated rings. The molecule has 55 heavy (non-hydrogen) atoms. The summed E-state index contributed by atoms with van der Waals surface area (Å²) < 4.78 is 11.8. The van der Waals surface area contributed by atoms with Crippen LogP contribution in [0, 0.1) is 11.8 Å². The second-order valence-electron chi connectivity index (χ2n) is 15.5. The van der Waals surface area contributed by atoms with Crippen LogP contribution >= 0.6 is 0 Å². The van der Waals surface area contributed by atoms with Gasteiger partial charge in [0, 0.05) is 24.9 Å². The number of esters is 2. The highest BCUT2D eigenvalue weighted by Gasteiger charge is 2.27. The molecule has 9 nitrogen and oxygen atoms in total. The smallest absolute Gasteiger partial charge is 0.308 e. The van der Waals surface area contributed by atoms with E-state index in [0.717, 1.165) is 95.6 Å². The lowest BCUT2D eigenvalue weighted by atomic mass is 9.94. The Morgan fingerprint density at radius 1 is 0.618 bits per heavy atom. The van der Waals surface area contributed by atoms with Gasteiger partial charge in [-0.1, -0.05) is 162 Å². The number of ether oxygens (including phenoxy) is 2. The molecule has 3 unspecified atom stereocenters. The van der Waals surface area contributed by atoms with Crippen LogP contribution in [0.5, 0.6) is 0 Å². The van der Waals surface area contributed by atoms with Gasteiger partial charge in [0.05, 0.1) is 37.6 Å². The first-order valence-corrected chi connectivity index (χ1v) is 22.9. The van der Waals surface area contributed by atoms with Crippen molar-refractivity contribution in [1.29, 1.82) is 0 Å². The summed E-state index contributed by atoms with van der Waals surface area (Å²) >= 11 is 0. The zero-order chi connectivity index (χ0) is 40.8. The average molecular weight is 778 g/mol. The zero-order valence-electron chi connectivity index (χ0n) is 36.7. The Kier molecular flexibility index (Phi) is 37.0. The van der Waals surface area contributed by atoms with Crippen LogP contribution < -0.4 is 5.32 Å². The van der Waals surface area contributed by atoms with Crippen molar-refractivity contribution in [3.8, 4) is 0 Å². The van der Waals surface area contributed by atoms with Gasteiger partial charge >= 0.3 is 11.9 Å². The van der Waals surface area contributed by atoms with Crippen molar-refractivity contribution < 1.29 is 29.0 Å². The highest BCUT2D eigenvalue weighted by Crippen LogP contribution is 2.22. The number of nitrogens with one attached hydrogen (secondary N) is 1. The zero-order valence-corrected chi connectivity index (χ0v) is 36.7. The summed E-state index contributed by atoms with van der Waals surface area (Å²) in [4.78, 5) is 47.1. The van der Waals surface area contributed by atoms with E-state index in [1.807, 2.05) is 19.9 Å². The minimum atomic E-state index is -0.647. The molecule has 322 valence electrons. The van der Waals surface area contributed by atoms with E-state index in [-0.39, 0.29) is 69.1 Å². The van der Waals surface area contributed by atoms with E-state index in [9.17, 15) is 19.5 Å². The monoisotopic (exact) mass is 778 g/mol. The molecular weight excluding hydrogens is 691 g/mol. The molecule has 0 saturated carbocycles. The van der Waals surface area contributed by atoms with Crippen LogP contribution in [0.15, 0.2) is 16.8 Å². The summed E-state index contributed by atoms with van der Waals surface area (Å²) in [6.07, 6.45) is 30.4. The molecule has 0 aromatic heterocycles. The Balaban J connectivity index is 5.80. The number of aliphatic hydroxyl groups excluding tert-OH is 1. The number of nitrogens with zero attached hydrogens (tertiary/aromatic N) is 2. The van der Waals surface area contributed by atoms with Gasteiger partial charge in [0.15, 0.2) is 0 Å². The SMILES string of the molecule is CC=N/C(=C\C)CC(NCCO)C(=O)N(CCOC(=O)C(CCCCCC)CCCCCCCC)CCOC(=O)C(CCCCCC)CCCCCCCC. The first-order valence-electron chi connectivity index (χ1n) is 22.9. The fourth-order valence-electron chi connectivity index (χ4n) is 7.14. The molecule has 0 spiro atoms. The molecule has 2 N–H and O–H groups in total. The molecule has 0 saturated heterocycles. The lowest BCUT2D eigenvalue weighted by Crippen LogP contribution is -2.49. The second-order valence-corrected chi connectivity index (χ2v) is 15.5. The van der Waals surface area contributed by atoms with Gasteiger partial charge in [0.2, 0.25) is 5.91 Å². The third-order valence-electron chi connectivity index (χ3n) is 10.7. The van der Waals surface area contributed by atoms with Crippen molar-refractivity contribution in [2.75, 3.05) is 39.5 Å². The number of unbranched alkanes of at least 4 members (excludes halogenated alkanes) is 16. The van der Waals surface area contributed by atoms with Crippen molar-refractivity contribution in [2.45, 2.75) is 208 Å². The van der Waals surface area contributed by atoms with Gasteiger partial charge in [0.1, 0.15) is 13.2 Å². The van der Waals surface area contributed by atoms with Crippen LogP contribution in [0.1, 0.15) is 202 Å². The van der Waals surface area contributed by atoms with Crippen LogP contribution in [0.3, 0.4) is 0 Å². The Morgan fingerprint density at radius 3 is 1.36 bits per heavy atom. The van der Waals surface area contributed by atoms with Crippen LogP contribution in [-0.2, 0) is 23.9 Å². The summed E-state index contributed by atoms with van der Waals surface area (Å²) in [6, 6.07) is -0.647. The number of hydrogen-bond acceptors (Lipinski definition) is 8. The van der Waals surface area contributed by atoms with E-state index in [2.05, 4.69) is 38.0 Å². The highest BCUT2D eigenvalue weighted by atomic mass is 16.5. The molecule has 9 heteroatoms. The Hall–Kier alpha value is -2.26. The Labute approximate surface area is 338 Å². The summed E-state index contributed by atoms with van der Waals surface area (Å²) in [6.45, 7) is 13.2. The minimum Gasteiger partial charge on any atom is -0.464 e. The lowest BCUT2D eigenvalue weighted by molar-refractivity contribution is -0.152. The maximum atomic E-state index is 14.2. The van der Waals surface area contributed by atoms with E-state index < -0.39 is 6.04 Å². The summed E-state index contributed by atoms with van der Waals surface area (Å²) in [5, 5.41) is 12.8. The van der Waals surface area contributed by atoms with Gasteiger partial charge in [-0.2, -0.15) is 0 Å². The number of carbonyl (C=O) groups is 3. The van der Waals surface area contributed by atoms with E-state index in [1.165, 1.54) is 64.2 Å². The largest absolute Gasteiger partial charge is 0.464 e. The molecule has 0 aromatic carbocycles. The van der Waals surface area contributed by atoms with Crippen molar-refractivity contribution in [1.82, 2.24) is 10.2 Å². The number of rotatable bonds is 39. The topological polar surface area (TPSA) is 118 Å². The summed E-state index contributed by atoms with van der Waals surface area (Å²) in [5.74, 6) is -0.798. The lowest BCUT2D eigenvalue weighted by Gasteiger charge is -2.28. The van der Waals surface area contributed by atoms with Crippen molar-refractivity contribution in [3.05, 3.63) is 11.8 Å². The van der Waals surface area contributed by atoms with Crippen LogP contribution in [0.25, 0.3) is 0 Å². The molecule has 3 atom stereocenters. The first-order chi connectivity index (χ1) is 26.8. The normalized spacial score (nSPS) is 13.5. The van der Waals surface area contributed by atoms with Gasteiger partial charge in [-0.3, -0.25) is 19.4 Å². The van der Waals surface area contributed by atoms with Gasteiger partial charge in [0.25, 0.3) is 0 Å². The van der Waals surface area contributed by atoms with E-state index in [0.29, 0.717) is 6.42 Å². The molecular formula is C46H87N3O6. The molecule has 0 aliphatic heterocycles. The molecule has 0 aliphatic carbocycles. The molecule has 0 aromatic rings. The van der Waals surface area contributed by atoms with Crippen molar-refractivity contribution in [3.63, 3.8) is 0 Å². The van der Waals surface area contributed by atoms with Gasteiger partial charge in [-0.15, -0.1) is 0 Å². The summed E-state index contributed by atoms with van der Waals surface area (Å²) in [7, 11) is 0. The minimum absolute atomic E-state index is 0.0782. The fourth-order valence-corrected chi connectivity index (χ4v) is 7.14. The standard InChI is InChI=1S/C46H87N3O6/c1-7-13-17-21-23-27-31-40(29-25-19-15-9-3)45(52)54-37-34-49(44(51)43(48-33-36-50)39-42(11-5)47-12-6)35-38-55-46(53)41(30-26-20-16-10-4)32-28-24-22-18-14-8-2/h11-12,40-41,43,48,50H,7-10,13-39H2,1-6H3/b42-11-,47-12?. The fraction of sp³-hybridized carbons (Fsp3) is 0.870. The van der Waals surface area contributed by atoms with E-state index in [1.54, 1.807) is 11.1 Å². The number of carbonyl (C=O) groups excluding carboxylic acids is 3. The predicted molar refractivity (Wildman–Crippen MR) is 230 cm³/mol. The second kappa shape index (κ2) is 38.6. The number of aliphatic imine (C=N–C) groups is 1. The summed E-state index contributed by atoms with van der Waals surface area (Å²) in [5.41, 5.74) is 0.755. The van der Waals surface area contributed by atoms with Gasteiger partial charge < -0.3 is 24.8 Å². The molecule has 0 bridgehead atoms. The first kappa shape index (κ1) is 52.7. The number of allylic oxidation sites excluding steroid dienone is 1. The van der Waals surface area contributed by atoms with E-state index >= 15 is 0 Å². The highest BCUT2D eigenvalue weighted by molar-refractivity contribution is 5.82.